The van der Waals surface area contributed by atoms with E-state index in [2.05, 4.69) is 194 Å². The standard InChI is InChI=1S/C55H39N3/c1-55(2)46-29-14-12-25-43(46)52-41(26-17-30-47(52)55)39-32-33-51-45(34-39)42-27-16-28-44(53(42)58(51)50-31-15-13-24-40(50)36-18-6-3-7-19-36)49-35-48(37-20-8-4-9-21-37)56-54(57-49)38-22-10-5-11-23-38/h3-35H,1-2H3. The summed E-state index contributed by atoms with van der Waals surface area (Å²) in [4.78, 5) is 10.5. The Morgan fingerprint density at radius 3 is 1.76 bits per heavy atom. The molecule has 0 saturated heterocycles. The van der Waals surface area contributed by atoms with E-state index in [4.69, 9.17) is 9.97 Å². The lowest BCUT2D eigenvalue weighted by atomic mass is 9.82. The van der Waals surface area contributed by atoms with E-state index in [0.29, 0.717) is 5.82 Å². The molecule has 2 aromatic heterocycles. The third kappa shape index (κ3) is 5.35. The number of hydrogen-bond donors (Lipinski definition) is 0. The first-order chi connectivity index (χ1) is 28.5. The minimum absolute atomic E-state index is 0.0765. The van der Waals surface area contributed by atoms with Crippen molar-refractivity contribution in [2.24, 2.45) is 0 Å². The largest absolute Gasteiger partial charge is 0.308 e. The van der Waals surface area contributed by atoms with Crippen molar-refractivity contribution in [1.82, 2.24) is 14.5 Å². The second kappa shape index (κ2) is 13.4. The molecule has 0 N–H and O–H groups in total. The highest BCUT2D eigenvalue weighted by Gasteiger charge is 2.36. The molecule has 2 heterocycles. The number of rotatable bonds is 6. The van der Waals surface area contributed by atoms with E-state index < -0.39 is 0 Å². The molecule has 0 radical (unpaired) electrons. The fourth-order valence-electron chi connectivity index (χ4n) is 9.28. The van der Waals surface area contributed by atoms with Crippen molar-refractivity contribution >= 4 is 21.8 Å². The third-order valence-electron chi connectivity index (χ3n) is 12.0. The van der Waals surface area contributed by atoms with Gasteiger partial charge in [0.2, 0.25) is 0 Å². The lowest BCUT2D eigenvalue weighted by molar-refractivity contribution is 0.660. The summed E-state index contributed by atoms with van der Waals surface area (Å²) >= 11 is 0. The van der Waals surface area contributed by atoms with Crippen LogP contribution in [0.3, 0.4) is 0 Å². The monoisotopic (exact) mass is 741 g/mol. The van der Waals surface area contributed by atoms with E-state index in [1.807, 2.05) is 24.3 Å². The Kier molecular flexibility index (Phi) is 7.84. The number of benzene rings is 8. The van der Waals surface area contributed by atoms with Crippen LogP contribution in [0.15, 0.2) is 200 Å². The van der Waals surface area contributed by atoms with E-state index in [-0.39, 0.29) is 5.41 Å². The van der Waals surface area contributed by atoms with Gasteiger partial charge in [-0.05, 0) is 63.2 Å². The lowest BCUT2D eigenvalue weighted by Crippen LogP contribution is -2.14. The number of hydrogen-bond acceptors (Lipinski definition) is 2. The number of aromatic nitrogens is 3. The topological polar surface area (TPSA) is 30.7 Å². The van der Waals surface area contributed by atoms with Gasteiger partial charge in [0, 0.05) is 38.4 Å². The number of fused-ring (bicyclic) bond motifs is 6. The van der Waals surface area contributed by atoms with Crippen molar-refractivity contribution in [3.05, 3.63) is 211 Å². The molecule has 1 aliphatic rings. The first-order valence-electron chi connectivity index (χ1n) is 20.0. The van der Waals surface area contributed by atoms with Gasteiger partial charge < -0.3 is 4.57 Å². The SMILES string of the molecule is CC1(C)c2ccccc2-c2c(-c3ccc4c(c3)c3cccc(-c5cc(-c6ccccc6)nc(-c6ccccc6)n5)c3n4-c3ccccc3-c3ccccc3)cccc21. The van der Waals surface area contributed by atoms with Crippen LogP contribution < -0.4 is 0 Å². The highest BCUT2D eigenvalue weighted by molar-refractivity contribution is 6.15. The molecule has 10 aromatic rings. The zero-order valence-corrected chi connectivity index (χ0v) is 32.4. The Labute approximate surface area is 338 Å². The van der Waals surface area contributed by atoms with Crippen LogP contribution in [0.25, 0.3) is 94.8 Å². The van der Waals surface area contributed by atoms with Crippen LogP contribution in [0.2, 0.25) is 0 Å². The van der Waals surface area contributed by atoms with Crippen LogP contribution in [0.1, 0.15) is 25.0 Å². The van der Waals surface area contributed by atoms with Gasteiger partial charge in [-0.3, -0.25) is 0 Å². The normalized spacial score (nSPS) is 12.8. The van der Waals surface area contributed by atoms with Crippen molar-refractivity contribution in [3.63, 3.8) is 0 Å². The van der Waals surface area contributed by atoms with Crippen molar-refractivity contribution in [3.8, 4) is 73.0 Å². The van der Waals surface area contributed by atoms with Crippen LogP contribution in [0, 0.1) is 0 Å². The molecule has 0 fully saturated rings. The average molecular weight is 742 g/mol. The van der Waals surface area contributed by atoms with Crippen LogP contribution >= 0.6 is 0 Å². The van der Waals surface area contributed by atoms with Crippen LogP contribution in [0.4, 0.5) is 0 Å². The van der Waals surface area contributed by atoms with E-state index in [9.17, 15) is 0 Å². The summed E-state index contributed by atoms with van der Waals surface area (Å²) in [6.07, 6.45) is 0. The van der Waals surface area contributed by atoms with Crippen LogP contribution in [0.5, 0.6) is 0 Å². The molecule has 0 unspecified atom stereocenters. The Morgan fingerprint density at radius 1 is 0.397 bits per heavy atom. The van der Waals surface area contributed by atoms with Crippen LogP contribution in [-0.4, -0.2) is 14.5 Å². The van der Waals surface area contributed by atoms with Gasteiger partial charge in [-0.2, -0.15) is 0 Å². The molecule has 58 heavy (non-hydrogen) atoms. The molecule has 0 spiro atoms. The molecule has 3 nitrogen and oxygen atoms in total. The van der Waals surface area contributed by atoms with Gasteiger partial charge in [-0.15, -0.1) is 0 Å². The van der Waals surface area contributed by atoms with Gasteiger partial charge in [0.15, 0.2) is 5.82 Å². The Balaban J connectivity index is 1.22. The minimum Gasteiger partial charge on any atom is -0.308 e. The molecule has 0 bridgehead atoms. The quantitative estimate of drug-likeness (QED) is 0.170. The molecular weight excluding hydrogens is 703 g/mol. The summed E-state index contributed by atoms with van der Waals surface area (Å²) < 4.78 is 2.46. The zero-order valence-electron chi connectivity index (χ0n) is 32.4. The zero-order chi connectivity index (χ0) is 38.8. The maximum Gasteiger partial charge on any atom is 0.160 e. The van der Waals surface area contributed by atoms with Crippen molar-refractivity contribution in [2.75, 3.05) is 0 Å². The highest BCUT2D eigenvalue weighted by atomic mass is 15.0. The molecule has 1 aliphatic carbocycles. The summed E-state index contributed by atoms with van der Waals surface area (Å²) in [6.45, 7) is 4.70. The molecule has 0 saturated carbocycles. The molecular formula is C55H39N3. The highest BCUT2D eigenvalue weighted by Crippen LogP contribution is 2.52. The predicted molar refractivity (Wildman–Crippen MR) is 241 cm³/mol. The average Bonchev–Trinajstić information content (AvgIpc) is 3.75. The van der Waals surface area contributed by atoms with Crippen LogP contribution in [-0.2, 0) is 5.41 Å². The molecule has 8 aromatic carbocycles. The van der Waals surface area contributed by atoms with Crippen molar-refractivity contribution in [2.45, 2.75) is 19.3 Å². The van der Waals surface area contributed by atoms with Gasteiger partial charge in [-0.25, -0.2) is 9.97 Å². The van der Waals surface area contributed by atoms with Gasteiger partial charge in [0.25, 0.3) is 0 Å². The Bertz CT molecular complexity index is 3120. The third-order valence-corrected chi connectivity index (χ3v) is 12.0. The van der Waals surface area contributed by atoms with E-state index in [1.165, 1.54) is 49.7 Å². The second-order valence-corrected chi connectivity index (χ2v) is 15.7. The second-order valence-electron chi connectivity index (χ2n) is 15.7. The van der Waals surface area contributed by atoms with E-state index in [1.54, 1.807) is 0 Å². The van der Waals surface area contributed by atoms with Gasteiger partial charge in [0.1, 0.15) is 0 Å². The van der Waals surface area contributed by atoms with E-state index >= 15 is 0 Å². The smallest absolute Gasteiger partial charge is 0.160 e. The lowest BCUT2D eigenvalue weighted by Gasteiger charge is -2.21. The molecule has 11 rings (SSSR count). The van der Waals surface area contributed by atoms with Crippen molar-refractivity contribution < 1.29 is 0 Å². The first kappa shape index (κ1) is 33.9. The van der Waals surface area contributed by atoms with Gasteiger partial charge in [-0.1, -0.05) is 190 Å². The molecule has 0 amide bonds. The Morgan fingerprint density at radius 2 is 0.983 bits per heavy atom. The number of nitrogens with zero attached hydrogens (tertiary/aromatic N) is 3. The summed E-state index contributed by atoms with van der Waals surface area (Å²) in [6, 6.07) is 71.8. The van der Waals surface area contributed by atoms with E-state index in [0.717, 1.165) is 50.4 Å². The maximum atomic E-state index is 5.35. The fraction of sp³-hybridized carbons (Fsp3) is 0.0545. The predicted octanol–water partition coefficient (Wildman–Crippen LogP) is 14.2. The summed E-state index contributed by atoms with van der Waals surface area (Å²) in [5.74, 6) is 0.699. The number of para-hydroxylation sites is 2. The summed E-state index contributed by atoms with van der Waals surface area (Å²) in [5, 5.41) is 2.37. The first-order valence-corrected chi connectivity index (χ1v) is 20.0. The molecule has 0 aliphatic heterocycles. The fourth-order valence-corrected chi connectivity index (χ4v) is 9.28. The Hall–Kier alpha value is -7.36. The molecule has 3 heteroatoms. The maximum absolute atomic E-state index is 5.35. The van der Waals surface area contributed by atoms with Crippen molar-refractivity contribution in [1.29, 1.82) is 0 Å². The molecule has 274 valence electrons. The van der Waals surface area contributed by atoms with Gasteiger partial charge in [0.05, 0.1) is 28.1 Å². The minimum atomic E-state index is -0.0765. The van der Waals surface area contributed by atoms with Gasteiger partial charge >= 0.3 is 0 Å². The molecule has 0 atom stereocenters. The summed E-state index contributed by atoms with van der Waals surface area (Å²) in [7, 11) is 0. The summed E-state index contributed by atoms with van der Waals surface area (Å²) in [5.41, 5.74) is 18.4.